The van der Waals surface area contributed by atoms with E-state index >= 15 is 0 Å². The molecule has 3 heteroatoms. The lowest BCUT2D eigenvalue weighted by atomic mass is 10.0. The van der Waals surface area contributed by atoms with Gasteiger partial charge in [-0.05, 0) is 37.6 Å². The first-order chi connectivity index (χ1) is 11.6. The van der Waals surface area contributed by atoms with Gasteiger partial charge in [-0.25, -0.2) is 0 Å². The number of rotatable bonds is 4. The van der Waals surface area contributed by atoms with Gasteiger partial charge in [0.1, 0.15) is 0 Å². The minimum Gasteiger partial charge on any atom is -0.348 e. The number of pyridine rings is 1. The summed E-state index contributed by atoms with van der Waals surface area (Å²) in [5.74, 6) is -0.0753. The molecule has 0 spiro atoms. The molecule has 120 valence electrons. The van der Waals surface area contributed by atoms with Crippen LogP contribution in [0.5, 0.6) is 0 Å². The van der Waals surface area contributed by atoms with Crippen LogP contribution in [0, 0.1) is 13.8 Å². The lowest BCUT2D eigenvalue weighted by Crippen LogP contribution is -2.23. The number of nitrogens with one attached hydrogen (secondary N) is 1. The van der Waals surface area contributed by atoms with Crippen molar-refractivity contribution in [1.29, 1.82) is 0 Å². The maximum Gasteiger partial charge on any atom is 0.251 e. The summed E-state index contributed by atoms with van der Waals surface area (Å²) >= 11 is 0. The molecule has 0 atom stereocenters. The first kappa shape index (κ1) is 15.9. The van der Waals surface area contributed by atoms with E-state index in [9.17, 15) is 4.79 Å². The zero-order chi connectivity index (χ0) is 16.9. The van der Waals surface area contributed by atoms with E-state index in [4.69, 9.17) is 0 Å². The lowest BCUT2D eigenvalue weighted by Gasteiger charge is -2.10. The number of aromatic nitrogens is 1. The molecule has 3 rings (SSSR count). The predicted octanol–water partition coefficient (Wildman–Crippen LogP) is 4.30. The Kier molecular flexibility index (Phi) is 4.71. The van der Waals surface area contributed by atoms with Crippen LogP contribution >= 0.6 is 0 Å². The van der Waals surface area contributed by atoms with Gasteiger partial charge in [0.2, 0.25) is 0 Å². The number of carbonyl (C=O) groups is 1. The Bertz CT molecular complexity index is 836. The van der Waals surface area contributed by atoms with Gasteiger partial charge in [-0.2, -0.15) is 0 Å². The Morgan fingerprint density at radius 3 is 2.21 bits per heavy atom. The van der Waals surface area contributed by atoms with Gasteiger partial charge < -0.3 is 5.32 Å². The summed E-state index contributed by atoms with van der Waals surface area (Å²) in [6, 6.07) is 19.7. The highest BCUT2D eigenvalue weighted by atomic mass is 16.1. The molecule has 0 aliphatic heterocycles. The van der Waals surface area contributed by atoms with Gasteiger partial charge >= 0.3 is 0 Å². The van der Waals surface area contributed by atoms with Crippen molar-refractivity contribution in [1.82, 2.24) is 10.3 Å². The van der Waals surface area contributed by atoms with Crippen LogP contribution in [-0.4, -0.2) is 10.9 Å². The average molecular weight is 316 g/mol. The molecule has 24 heavy (non-hydrogen) atoms. The van der Waals surface area contributed by atoms with Crippen molar-refractivity contribution in [3.05, 3.63) is 89.1 Å². The second-order valence-electron chi connectivity index (χ2n) is 5.93. The Balaban J connectivity index is 1.77. The molecule has 0 radical (unpaired) electrons. The van der Waals surface area contributed by atoms with Gasteiger partial charge in [-0.1, -0.05) is 53.6 Å². The molecule has 0 aliphatic rings. The fraction of sp³-hybridized carbons (Fsp3) is 0.143. The number of amides is 1. The van der Waals surface area contributed by atoms with Crippen LogP contribution in [0.2, 0.25) is 0 Å². The van der Waals surface area contributed by atoms with Gasteiger partial charge in [0.15, 0.2) is 0 Å². The van der Waals surface area contributed by atoms with E-state index in [1.807, 2.05) is 43.3 Å². The monoisotopic (exact) mass is 316 g/mol. The first-order valence-electron chi connectivity index (χ1n) is 7.99. The summed E-state index contributed by atoms with van der Waals surface area (Å²) in [6.45, 7) is 4.51. The molecule has 3 nitrogen and oxygen atoms in total. The minimum atomic E-state index is -0.0753. The van der Waals surface area contributed by atoms with E-state index in [2.05, 4.69) is 41.5 Å². The molecule has 0 saturated heterocycles. The molecule has 3 aromatic rings. The second-order valence-corrected chi connectivity index (χ2v) is 5.93. The summed E-state index contributed by atoms with van der Waals surface area (Å²) < 4.78 is 0. The van der Waals surface area contributed by atoms with E-state index in [1.165, 1.54) is 5.56 Å². The fourth-order valence-corrected chi connectivity index (χ4v) is 2.54. The summed E-state index contributed by atoms with van der Waals surface area (Å²) in [5.41, 5.74) is 5.98. The molecule has 0 bridgehead atoms. The molecule has 0 fully saturated rings. The first-order valence-corrected chi connectivity index (χ1v) is 7.99. The highest BCUT2D eigenvalue weighted by molar-refractivity contribution is 5.94. The molecule has 2 aromatic carbocycles. The maximum atomic E-state index is 12.3. The van der Waals surface area contributed by atoms with Crippen molar-refractivity contribution < 1.29 is 4.79 Å². The van der Waals surface area contributed by atoms with Crippen LogP contribution in [-0.2, 0) is 6.54 Å². The number of carbonyl (C=O) groups excluding carboxylic acids is 1. The van der Waals surface area contributed by atoms with Crippen molar-refractivity contribution in [3.8, 4) is 11.3 Å². The molecular weight excluding hydrogens is 296 g/mol. The third-order valence-corrected chi connectivity index (χ3v) is 3.97. The summed E-state index contributed by atoms with van der Waals surface area (Å²) in [5, 5.41) is 2.98. The number of hydrogen-bond acceptors (Lipinski definition) is 2. The number of hydrogen-bond donors (Lipinski definition) is 1. The molecule has 1 amide bonds. The molecular formula is C21H20N2O. The SMILES string of the molecule is Cc1ccc(C(=O)NCc2cccnc2-c2ccc(C)cc2)cc1. The van der Waals surface area contributed by atoms with Gasteiger partial charge in [-0.3, -0.25) is 9.78 Å². The third-order valence-electron chi connectivity index (χ3n) is 3.97. The van der Waals surface area contributed by atoms with E-state index in [0.29, 0.717) is 12.1 Å². The van der Waals surface area contributed by atoms with Crippen LogP contribution in [0.4, 0.5) is 0 Å². The lowest BCUT2D eigenvalue weighted by molar-refractivity contribution is 0.0951. The second kappa shape index (κ2) is 7.09. The van der Waals surface area contributed by atoms with Crippen molar-refractivity contribution in [2.75, 3.05) is 0 Å². The molecule has 1 heterocycles. The van der Waals surface area contributed by atoms with E-state index < -0.39 is 0 Å². The fourth-order valence-electron chi connectivity index (χ4n) is 2.54. The quantitative estimate of drug-likeness (QED) is 0.780. The minimum absolute atomic E-state index is 0.0753. The zero-order valence-electron chi connectivity index (χ0n) is 13.9. The molecule has 1 N–H and O–H groups in total. The van der Waals surface area contributed by atoms with E-state index in [1.54, 1.807) is 6.20 Å². The van der Waals surface area contributed by atoms with E-state index in [0.717, 1.165) is 22.4 Å². The predicted molar refractivity (Wildman–Crippen MR) is 96.8 cm³/mol. The Morgan fingerprint density at radius 1 is 0.917 bits per heavy atom. The zero-order valence-corrected chi connectivity index (χ0v) is 13.9. The van der Waals surface area contributed by atoms with Gasteiger partial charge in [0.05, 0.1) is 5.69 Å². The van der Waals surface area contributed by atoms with Crippen LogP contribution in [0.25, 0.3) is 11.3 Å². The summed E-state index contributed by atoms with van der Waals surface area (Å²) in [6.07, 6.45) is 1.78. The Labute approximate surface area is 142 Å². The Hall–Kier alpha value is -2.94. The van der Waals surface area contributed by atoms with Crippen molar-refractivity contribution >= 4 is 5.91 Å². The number of benzene rings is 2. The summed E-state index contributed by atoms with van der Waals surface area (Å²) in [4.78, 5) is 16.8. The van der Waals surface area contributed by atoms with Crippen LogP contribution in [0.1, 0.15) is 27.0 Å². The van der Waals surface area contributed by atoms with Crippen molar-refractivity contribution in [2.45, 2.75) is 20.4 Å². The van der Waals surface area contributed by atoms with Gasteiger partial charge in [0.25, 0.3) is 5.91 Å². The van der Waals surface area contributed by atoms with Crippen LogP contribution in [0.3, 0.4) is 0 Å². The van der Waals surface area contributed by atoms with Crippen molar-refractivity contribution in [2.24, 2.45) is 0 Å². The van der Waals surface area contributed by atoms with Crippen molar-refractivity contribution in [3.63, 3.8) is 0 Å². The van der Waals surface area contributed by atoms with Crippen LogP contribution < -0.4 is 5.32 Å². The standard InChI is InChI=1S/C21H20N2O/c1-15-5-9-17(10-6-15)20-19(4-3-13-22-20)14-23-21(24)18-11-7-16(2)8-12-18/h3-13H,14H2,1-2H3,(H,23,24). The molecule has 0 saturated carbocycles. The topological polar surface area (TPSA) is 42.0 Å². The molecule has 0 aliphatic carbocycles. The Morgan fingerprint density at radius 2 is 1.54 bits per heavy atom. The van der Waals surface area contributed by atoms with Gasteiger partial charge in [0, 0.05) is 23.9 Å². The van der Waals surface area contributed by atoms with Crippen LogP contribution in [0.15, 0.2) is 66.9 Å². The normalized spacial score (nSPS) is 10.4. The molecule has 1 aromatic heterocycles. The number of nitrogens with zero attached hydrogens (tertiary/aromatic N) is 1. The number of aryl methyl sites for hydroxylation is 2. The maximum absolute atomic E-state index is 12.3. The van der Waals surface area contributed by atoms with Gasteiger partial charge in [-0.15, -0.1) is 0 Å². The summed E-state index contributed by atoms with van der Waals surface area (Å²) in [7, 11) is 0. The smallest absolute Gasteiger partial charge is 0.251 e. The van der Waals surface area contributed by atoms with E-state index in [-0.39, 0.29) is 5.91 Å². The highest BCUT2D eigenvalue weighted by Crippen LogP contribution is 2.21. The molecule has 0 unspecified atom stereocenters. The average Bonchev–Trinajstić information content (AvgIpc) is 2.61. The third kappa shape index (κ3) is 3.69. The highest BCUT2D eigenvalue weighted by Gasteiger charge is 2.09. The largest absolute Gasteiger partial charge is 0.348 e.